The van der Waals surface area contributed by atoms with Crippen molar-refractivity contribution >= 4 is 17.4 Å². The Balaban J connectivity index is 1.20. The van der Waals surface area contributed by atoms with Gasteiger partial charge in [-0.2, -0.15) is 28.6 Å². The molecule has 0 aliphatic carbocycles. The molecule has 6 heterocycles. The normalized spacial score (nSPS) is 18.0. The molecule has 4 aromatic rings. The molecule has 206 valence electrons. The van der Waals surface area contributed by atoms with Crippen molar-refractivity contribution in [3.05, 3.63) is 54.7 Å². The van der Waals surface area contributed by atoms with E-state index in [1.807, 2.05) is 42.5 Å². The van der Waals surface area contributed by atoms with Gasteiger partial charge in [-0.05, 0) is 31.0 Å². The molecule has 0 saturated carbocycles. The minimum absolute atomic E-state index is 0.0436. The molecule has 2 aliphatic heterocycles. The van der Waals surface area contributed by atoms with Gasteiger partial charge in [0.25, 0.3) is 0 Å². The van der Waals surface area contributed by atoms with E-state index in [9.17, 15) is 23.2 Å². The largest absolute Gasteiger partial charge is 0.408 e. The lowest BCUT2D eigenvalue weighted by Crippen LogP contribution is -2.55. The Morgan fingerprint density at radius 2 is 1.80 bits per heavy atom. The summed E-state index contributed by atoms with van der Waals surface area (Å²) in [4.78, 5) is 22.0. The maximum absolute atomic E-state index is 13.3. The van der Waals surface area contributed by atoms with E-state index < -0.39 is 18.2 Å². The summed E-state index contributed by atoms with van der Waals surface area (Å²) >= 11 is 0. The SMILES string of the molecule is Cn1cc(-c2cc(-c3ccc(N4CCN(C(=O)N5CCCC5C(F)(F)F)CC4)nc3)c3c(C#N)cnn3c2)cn1. The van der Waals surface area contributed by atoms with Crippen molar-refractivity contribution in [2.75, 3.05) is 37.6 Å². The molecule has 0 bridgehead atoms. The molecule has 2 aliphatic rings. The smallest absolute Gasteiger partial charge is 0.353 e. The van der Waals surface area contributed by atoms with Crippen LogP contribution in [0.4, 0.5) is 23.8 Å². The number of piperazine rings is 1. The Hall–Kier alpha value is -4.60. The summed E-state index contributed by atoms with van der Waals surface area (Å²) in [5.41, 5.74) is 4.53. The van der Waals surface area contributed by atoms with Crippen molar-refractivity contribution in [3.63, 3.8) is 0 Å². The van der Waals surface area contributed by atoms with Crippen LogP contribution in [0.25, 0.3) is 27.8 Å². The van der Waals surface area contributed by atoms with Gasteiger partial charge >= 0.3 is 12.2 Å². The maximum Gasteiger partial charge on any atom is 0.408 e. The van der Waals surface area contributed by atoms with Crippen LogP contribution in [0.5, 0.6) is 0 Å². The highest BCUT2D eigenvalue weighted by Crippen LogP contribution is 2.34. The Morgan fingerprint density at radius 1 is 1.00 bits per heavy atom. The predicted octanol–water partition coefficient (Wildman–Crippen LogP) is 3.94. The molecule has 1 unspecified atom stereocenters. The Labute approximate surface area is 227 Å². The molecule has 40 heavy (non-hydrogen) atoms. The lowest BCUT2D eigenvalue weighted by atomic mass is 10.0. The van der Waals surface area contributed by atoms with Crippen LogP contribution in [0.2, 0.25) is 0 Å². The van der Waals surface area contributed by atoms with Gasteiger partial charge in [0, 0.05) is 80.6 Å². The van der Waals surface area contributed by atoms with E-state index in [0.717, 1.165) is 27.2 Å². The number of aryl methyl sites for hydroxylation is 1. The van der Waals surface area contributed by atoms with Crippen LogP contribution in [-0.2, 0) is 7.05 Å². The van der Waals surface area contributed by atoms with Crippen LogP contribution < -0.4 is 4.90 Å². The summed E-state index contributed by atoms with van der Waals surface area (Å²) in [5.74, 6) is 0.707. The first-order valence-electron chi connectivity index (χ1n) is 13.0. The van der Waals surface area contributed by atoms with Crippen LogP contribution in [-0.4, -0.2) is 85.2 Å². The number of hydrogen-bond acceptors (Lipinski definition) is 6. The number of pyridine rings is 2. The van der Waals surface area contributed by atoms with Crippen molar-refractivity contribution in [1.82, 2.24) is 34.2 Å². The van der Waals surface area contributed by atoms with E-state index in [0.29, 0.717) is 49.5 Å². The molecular weight excluding hydrogens is 523 g/mol. The third-order valence-corrected chi connectivity index (χ3v) is 7.58. The van der Waals surface area contributed by atoms with E-state index in [4.69, 9.17) is 0 Å². The number of fused-ring (bicyclic) bond motifs is 1. The zero-order valence-electron chi connectivity index (χ0n) is 21.7. The molecule has 10 nitrogen and oxygen atoms in total. The van der Waals surface area contributed by atoms with Gasteiger partial charge in [-0.25, -0.2) is 14.3 Å². The van der Waals surface area contributed by atoms with Crippen molar-refractivity contribution in [2.24, 2.45) is 7.05 Å². The predicted molar refractivity (Wildman–Crippen MR) is 140 cm³/mol. The number of urea groups is 1. The number of likely N-dealkylation sites (tertiary alicyclic amines) is 1. The molecule has 0 spiro atoms. The molecule has 0 N–H and O–H groups in total. The maximum atomic E-state index is 13.3. The summed E-state index contributed by atoms with van der Waals surface area (Å²) in [6, 6.07) is 5.75. The van der Waals surface area contributed by atoms with Gasteiger partial charge in [0.05, 0.1) is 23.5 Å². The van der Waals surface area contributed by atoms with E-state index in [1.54, 1.807) is 21.6 Å². The quantitative estimate of drug-likeness (QED) is 0.384. The van der Waals surface area contributed by atoms with E-state index in [1.165, 1.54) is 11.1 Å². The molecule has 2 amide bonds. The summed E-state index contributed by atoms with van der Waals surface area (Å²) in [6.45, 7) is 1.69. The molecule has 0 aromatic carbocycles. The number of nitrogens with zero attached hydrogens (tertiary/aromatic N) is 9. The fourth-order valence-corrected chi connectivity index (χ4v) is 5.53. The minimum Gasteiger partial charge on any atom is -0.353 e. The number of nitriles is 1. The molecule has 2 fully saturated rings. The second kappa shape index (κ2) is 9.86. The lowest BCUT2D eigenvalue weighted by molar-refractivity contribution is -0.170. The van der Waals surface area contributed by atoms with Crippen molar-refractivity contribution in [2.45, 2.75) is 25.1 Å². The fourth-order valence-electron chi connectivity index (χ4n) is 5.53. The van der Waals surface area contributed by atoms with Crippen molar-refractivity contribution < 1.29 is 18.0 Å². The highest BCUT2D eigenvalue weighted by Gasteiger charge is 2.48. The summed E-state index contributed by atoms with van der Waals surface area (Å²) < 4.78 is 43.4. The number of rotatable bonds is 3. The Kier molecular flexibility index (Phi) is 6.32. The van der Waals surface area contributed by atoms with Gasteiger partial charge < -0.3 is 14.7 Å². The number of carbonyl (C=O) groups excluding carboxylic acids is 1. The van der Waals surface area contributed by atoms with Crippen LogP contribution in [0.3, 0.4) is 0 Å². The van der Waals surface area contributed by atoms with E-state index in [2.05, 4.69) is 21.3 Å². The first kappa shape index (κ1) is 25.7. The fraction of sp³-hybridized carbons (Fsp3) is 0.370. The van der Waals surface area contributed by atoms with Crippen LogP contribution >= 0.6 is 0 Å². The zero-order valence-corrected chi connectivity index (χ0v) is 21.7. The van der Waals surface area contributed by atoms with Gasteiger partial charge in [-0.3, -0.25) is 4.68 Å². The van der Waals surface area contributed by atoms with Gasteiger partial charge in [0.2, 0.25) is 0 Å². The first-order valence-corrected chi connectivity index (χ1v) is 13.0. The molecule has 13 heteroatoms. The number of amides is 2. The Morgan fingerprint density at radius 3 is 2.45 bits per heavy atom. The second-order valence-electron chi connectivity index (χ2n) is 10.1. The summed E-state index contributed by atoms with van der Waals surface area (Å²) in [5, 5.41) is 18.3. The number of aromatic nitrogens is 5. The van der Waals surface area contributed by atoms with Crippen LogP contribution in [0, 0.1) is 11.3 Å². The third-order valence-electron chi connectivity index (χ3n) is 7.58. The minimum atomic E-state index is -4.41. The standard InChI is InChI=1S/C27H26F3N9O/c1-35-16-21(15-33-35)19-11-22(25-20(12-31)14-34-39(25)17-19)18-4-5-24(32-13-18)36-7-9-37(10-8-36)26(40)38-6-2-3-23(38)27(28,29)30/h4-5,11,13-17,23H,2-3,6-10H2,1H3. The highest BCUT2D eigenvalue weighted by atomic mass is 19.4. The van der Waals surface area contributed by atoms with Gasteiger partial charge in [-0.1, -0.05) is 0 Å². The highest BCUT2D eigenvalue weighted by molar-refractivity contribution is 5.87. The van der Waals surface area contributed by atoms with Gasteiger partial charge in [0.1, 0.15) is 17.9 Å². The second-order valence-corrected chi connectivity index (χ2v) is 10.1. The van der Waals surface area contributed by atoms with Crippen LogP contribution in [0.1, 0.15) is 18.4 Å². The number of alkyl halides is 3. The molecular formula is C27H26F3N9O. The average molecular weight is 550 g/mol. The first-order chi connectivity index (χ1) is 19.2. The van der Waals surface area contributed by atoms with Crippen molar-refractivity contribution in [1.29, 1.82) is 5.26 Å². The third kappa shape index (κ3) is 4.59. The Bertz CT molecular complexity index is 1590. The molecule has 2 saturated heterocycles. The zero-order chi connectivity index (χ0) is 28.0. The van der Waals surface area contributed by atoms with E-state index in [-0.39, 0.29) is 13.0 Å². The van der Waals surface area contributed by atoms with Gasteiger partial charge in [0.15, 0.2) is 0 Å². The summed E-state index contributed by atoms with van der Waals surface area (Å²) in [6.07, 6.45) is 4.70. The molecule has 0 radical (unpaired) electrons. The summed E-state index contributed by atoms with van der Waals surface area (Å²) in [7, 11) is 1.84. The lowest BCUT2D eigenvalue weighted by Gasteiger charge is -2.38. The van der Waals surface area contributed by atoms with E-state index >= 15 is 0 Å². The van der Waals surface area contributed by atoms with Crippen LogP contribution in [0.15, 0.2) is 49.2 Å². The monoisotopic (exact) mass is 549 g/mol. The molecule has 4 aromatic heterocycles. The number of carbonyl (C=O) groups is 1. The molecule has 1 atom stereocenters. The van der Waals surface area contributed by atoms with Crippen molar-refractivity contribution in [3.8, 4) is 28.3 Å². The number of hydrogen-bond donors (Lipinski definition) is 0. The number of anilines is 1. The topological polar surface area (TPSA) is 98.6 Å². The van der Waals surface area contributed by atoms with Gasteiger partial charge in [-0.15, -0.1) is 0 Å². The number of halogens is 3. The molecule has 6 rings (SSSR count). The average Bonchev–Trinajstić information content (AvgIpc) is 3.72.